The molecule has 0 unspecified atom stereocenters. The van der Waals surface area contributed by atoms with Gasteiger partial charge in [0.1, 0.15) is 18.5 Å². The average molecular weight is 250 g/mol. The van der Waals surface area contributed by atoms with Gasteiger partial charge in [-0.15, -0.1) is 0 Å². The number of carbonyl (C=O) groups is 1. The Labute approximate surface area is 109 Å². The van der Waals surface area contributed by atoms with E-state index in [1.807, 2.05) is 19.1 Å². The van der Waals surface area contributed by atoms with Gasteiger partial charge in [-0.2, -0.15) is 0 Å². The molecule has 0 amide bonds. The van der Waals surface area contributed by atoms with Crippen LogP contribution in [-0.4, -0.2) is 18.7 Å². The molecule has 1 aromatic carbocycles. The Morgan fingerprint density at radius 1 is 1.22 bits per heavy atom. The highest BCUT2D eigenvalue weighted by molar-refractivity contribution is 5.66. The van der Waals surface area contributed by atoms with Crippen molar-refractivity contribution in [1.82, 2.24) is 0 Å². The van der Waals surface area contributed by atoms with E-state index in [1.165, 1.54) is 12.5 Å². The summed E-state index contributed by atoms with van der Waals surface area (Å²) >= 11 is 0. The molecule has 3 nitrogen and oxygen atoms in total. The monoisotopic (exact) mass is 250 g/mol. The predicted molar refractivity (Wildman–Crippen MR) is 71.9 cm³/mol. The summed E-state index contributed by atoms with van der Waals surface area (Å²) in [4.78, 5) is 10.7. The van der Waals surface area contributed by atoms with E-state index in [1.54, 1.807) is 0 Å². The molecule has 1 rings (SSSR count). The maximum Gasteiger partial charge on any atom is 0.303 e. The predicted octanol–water partition coefficient (Wildman–Crippen LogP) is 3.53. The lowest BCUT2D eigenvalue weighted by Crippen LogP contribution is -2.20. The van der Waals surface area contributed by atoms with E-state index >= 15 is 0 Å². The third kappa shape index (κ3) is 4.78. The molecule has 0 saturated carbocycles. The van der Waals surface area contributed by atoms with Crippen molar-refractivity contribution in [2.45, 2.75) is 46.1 Å². The fourth-order valence-electron chi connectivity index (χ4n) is 1.66. The summed E-state index contributed by atoms with van der Waals surface area (Å²) in [6, 6.07) is 8.09. The first-order chi connectivity index (χ1) is 8.52. The van der Waals surface area contributed by atoms with Gasteiger partial charge in [-0.1, -0.05) is 26.0 Å². The Morgan fingerprint density at radius 3 is 2.33 bits per heavy atom. The Balaban J connectivity index is 2.46. The first kappa shape index (κ1) is 14.6. The van der Waals surface area contributed by atoms with Crippen molar-refractivity contribution in [1.29, 1.82) is 0 Å². The third-order valence-electron chi connectivity index (χ3n) is 2.91. The van der Waals surface area contributed by atoms with Crippen molar-refractivity contribution in [2.24, 2.45) is 0 Å². The molecule has 0 aromatic heterocycles. The number of carbonyl (C=O) groups excluding carboxylic acids is 1. The van der Waals surface area contributed by atoms with Crippen LogP contribution in [0.25, 0.3) is 0 Å². The van der Waals surface area contributed by atoms with Gasteiger partial charge in [-0.3, -0.25) is 4.79 Å². The normalized spacial score (nSPS) is 13.8. The maximum absolute atomic E-state index is 10.7. The zero-order chi connectivity index (χ0) is 13.5. The SMILES string of the molecule is CC[C@H](C)c1ccc(OC[C@@H](C)OC(C)=O)cc1. The fraction of sp³-hybridized carbons (Fsp3) is 0.533. The minimum atomic E-state index is -0.279. The van der Waals surface area contributed by atoms with Crippen molar-refractivity contribution < 1.29 is 14.3 Å². The van der Waals surface area contributed by atoms with Gasteiger partial charge in [-0.05, 0) is 37.0 Å². The van der Waals surface area contributed by atoms with Crippen LogP contribution >= 0.6 is 0 Å². The fourth-order valence-corrected chi connectivity index (χ4v) is 1.66. The topological polar surface area (TPSA) is 35.5 Å². The van der Waals surface area contributed by atoms with Crippen LogP contribution in [0.4, 0.5) is 0 Å². The van der Waals surface area contributed by atoms with E-state index < -0.39 is 0 Å². The summed E-state index contributed by atoms with van der Waals surface area (Å²) < 4.78 is 10.5. The second kappa shape index (κ2) is 7.04. The number of benzene rings is 1. The number of ether oxygens (including phenoxy) is 2. The number of rotatable bonds is 6. The van der Waals surface area contributed by atoms with Gasteiger partial charge in [0.05, 0.1) is 0 Å². The molecule has 0 spiro atoms. The van der Waals surface area contributed by atoms with E-state index in [4.69, 9.17) is 9.47 Å². The Kier molecular flexibility index (Phi) is 5.69. The second-order valence-corrected chi connectivity index (χ2v) is 4.61. The largest absolute Gasteiger partial charge is 0.490 e. The summed E-state index contributed by atoms with van der Waals surface area (Å²) in [6.45, 7) is 7.98. The Bertz CT molecular complexity index is 370. The molecule has 0 heterocycles. The maximum atomic E-state index is 10.7. The Hall–Kier alpha value is -1.51. The molecular formula is C15H22O3. The van der Waals surface area contributed by atoms with E-state index in [2.05, 4.69) is 26.0 Å². The zero-order valence-electron chi connectivity index (χ0n) is 11.6. The lowest BCUT2D eigenvalue weighted by atomic mass is 9.99. The van der Waals surface area contributed by atoms with Gasteiger partial charge >= 0.3 is 5.97 Å². The van der Waals surface area contributed by atoms with Crippen molar-refractivity contribution in [3.8, 4) is 5.75 Å². The van der Waals surface area contributed by atoms with Crippen molar-refractivity contribution in [3.63, 3.8) is 0 Å². The summed E-state index contributed by atoms with van der Waals surface area (Å²) in [5.74, 6) is 1.10. The molecule has 0 aliphatic carbocycles. The number of esters is 1. The summed E-state index contributed by atoms with van der Waals surface area (Å²) in [6.07, 6.45) is 0.903. The zero-order valence-corrected chi connectivity index (χ0v) is 11.6. The van der Waals surface area contributed by atoms with Crippen molar-refractivity contribution in [3.05, 3.63) is 29.8 Å². The van der Waals surface area contributed by atoms with E-state index in [0.717, 1.165) is 12.2 Å². The number of hydrogen-bond acceptors (Lipinski definition) is 3. The molecule has 18 heavy (non-hydrogen) atoms. The van der Waals surface area contributed by atoms with Gasteiger partial charge in [0.25, 0.3) is 0 Å². The van der Waals surface area contributed by atoms with Gasteiger partial charge in [-0.25, -0.2) is 0 Å². The lowest BCUT2D eigenvalue weighted by molar-refractivity contribution is -0.146. The van der Waals surface area contributed by atoms with E-state index in [9.17, 15) is 4.79 Å². The Morgan fingerprint density at radius 2 is 1.83 bits per heavy atom. The minimum absolute atomic E-state index is 0.225. The van der Waals surface area contributed by atoms with Gasteiger partial charge < -0.3 is 9.47 Å². The molecule has 0 fully saturated rings. The van der Waals surface area contributed by atoms with E-state index in [0.29, 0.717) is 12.5 Å². The van der Waals surface area contributed by atoms with Gasteiger partial charge in [0.2, 0.25) is 0 Å². The first-order valence-corrected chi connectivity index (χ1v) is 6.43. The molecule has 2 atom stereocenters. The van der Waals surface area contributed by atoms with Crippen LogP contribution < -0.4 is 4.74 Å². The third-order valence-corrected chi connectivity index (χ3v) is 2.91. The molecule has 0 aliphatic rings. The second-order valence-electron chi connectivity index (χ2n) is 4.61. The first-order valence-electron chi connectivity index (χ1n) is 6.43. The summed E-state index contributed by atoms with van der Waals surface area (Å²) in [5, 5.41) is 0. The lowest BCUT2D eigenvalue weighted by Gasteiger charge is -2.14. The molecular weight excluding hydrogens is 228 g/mol. The van der Waals surface area contributed by atoms with Crippen molar-refractivity contribution >= 4 is 5.97 Å². The standard InChI is InChI=1S/C15H22O3/c1-5-11(2)14-6-8-15(9-7-14)17-10-12(3)18-13(4)16/h6-9,11-12H,5,10H2,1-4H3/t11-,12+/m0/s1. The highest BCUT2D eigenvalue weighted by Gasteiger charge is 2.07. The molecule has 0 radical (unpaired) electrons. The van der Waals surface area contributed by atoms with Crippen LogP contribution in [0.2, 0.25) is 0 Å². The van der Waals surface area contributed by atoms with E-state index in [-0.39, 0.29) is 12.1 Å². The molecule has 0 aliphatic heterocycles. The number of hydrogen-bond donors (Lipinski definition) is 0. The van der Waals surface area contributed by atoms with Crippen LogP contribution in [-0.2, 0) is 9.53 Å². The molecule has 0 saturated heterocycles. The highest BCUT2D eigenvalue weighted by atomic mass is 16.6. The summed E-state index contributed by atoms with van der Waals surface area (Å²) in [5.41, 5.74) is 1.32. The molecule has 1 aromatic rings. The van der Waals surface area contributed by atoms with Crippen LogP contribution in [0.15, 0.2) is 24.3 Å². The highest BCUT2D eigenvalue weighted by Crippen LogP contribution is 2.21. The van der Waals surface area contributed by atoms with Crippen LogP contribution in [0.5, 0.6) is 5.75 Å². The van der Waals surface area contributed by atoms with Crippen LogP contribution in [0, 0.1) is 0 Å². The van der Waals surface area contributed by atoms with Gasteiger partial charge in [0.15, 0.2) is 0 Å². The minimum Gasteiger partial charge on any atom is -0.490 e. The molecule has 3 heteroatoms. The average Bonchev–Trinajstić information content (AvgIpc) is 2.35. The molecule has 0 N–H and O–H groups in total. The smallest absolute Gasteiger partial charge is 0.303 e. The van der Waals surface area contributed by atoms with Crippen molar-refractivity contribution in [2.75, 3.05) is 6.61 Å². The summed E-state index contributed by atoms with van der Waals surface area (Å²) in [7, 11) is 0. The molecule has 0 bridgehead atoms. The van der Waals surface area contributed by atoms with Crippen LogP contribution in [0.3, 0.4) is 0 Å². The van der Waals surface area contributed by atoms with Gasteiger partial charge in [0, 0.05) is 6.92 Å². The van der Waals surface area contributed by atoms with Crippen LogP contribution in [0.1, 0.15) is 45.6 Å². The quantitative estimate of drug-likeness (QED) is 0.724. The molecule has 100 valence electrons.